The number of anilines is 2. The van der Waals surface area contributed by atoms with Crippen molar-refractivity contribution in [1.29, 1.82) is 0 Å². The molecule has 5 nitrogen and oxygen atoms in total. The molecule has 0 spiro atoms. The summed E-state index contributed by atoms with van der Waals surface area (Å²) in [6.45, 7) is 2.06. The van der Waals surface area contributed by atoms with E-state index in [4.69, 9.17) is 5.73 Å². The van der Waals surface area contributed by atoms with Gasteiger partial charge in [0, 0.05) is 5.69 Å². The Morgan fingerprint density at radius 3 is 2.83 bits per heavy atom. The molecule has 0 saturated carbocycles. The average molecular weight is 242 g/mol. The summed E-state index contributed by atoms with van der Waals surface area (Å²) < 4.78 is 0. The second-order valence-electron chi connectivity index (χ2n) is 3.83. The van der Waals surface area contributed by atoms with E-state index in [1.165, 1.54) is 12.4 Å². The van der Waals surface area contributed by atoms with Crippen molar-refractivity contribution in [2.75, 3.05) is 11.1 Å². The lowest BCUT2D eigenvalue weighted by atomic mass is 10.1. The number of carbonyl (C=O) groups is 1. The maximum absolute atomic E-state index is 11.9. The minimum absolute atomic E-state index is 0.242. The number of nitrogens with one attached hydrogen (secondary N) is 1. The highest BCUT2D eigenvalue weighted by Crippen LogP contribution is 2.12. The van der Waals surface area contributed by atoms with Gasteiger partial charge in [-0.3, -0.25) is 4.79 Å². The summed E-state index contributed by atoms with van der Waals surface area (Å²) in [6, 6.07) is 7.69. The van der Waals surface area contributed by atoms with Gasteiger partial charge in [-0.2, -0.15) is 0 Å². The molecule has 92 valence electrons. The summed E-state index contributed by atoms with van der Waals surface area (Å²) in [6.07, 6.45) is 3.64. The Balaban J connectivity index is 2.13. The molecule has 2 rings (SSSR count). The van der Waals surface area contributed by atoms with Crippen LogP contribution in [0.2, 0.25) is 0 Å². The molecule has 0 bridgehead atoms. The molecule has 2 aromatic rings. The highest BCUT2D eigenvalue weighted by Gasteiger charge is 2.07. The molecule has 0 aliphatic carbocycles. The molecule has 0 aliphatic heterocycles. The van der Waals surface area contributed by atoms with Crippen LogP contribution in [-0.4, -0.2) is 15.9 Å². The maximum atomic E-state index is 11.9. The molecule has 5 heteroatoms. The molecule has 0 saturated heterocycles. The molecule has 0 aliphatic rings. The van der Waals surface area contributed by atoms with Crippen molar-refractivity contribution < 1.29 is 4.79 Å². The van der Waals surface area contributed by atoms with Crippen LogP contribution in [0.15, 0.2) is 36.7 Å². The Hall–Kier alpha value is -2.43. The lowest BCUT2D eigenvalue weighted by molar-refractivity contribution is 0.102. The highest BCUT2D eigenvalue weighted by atomic mass is 16.1. The summed E-state index contributed by atoms with van der Waals surface area (Å²) in [5.74, 6) is -0.00437. The van der Waals surface area contributed by atoms with Gasteiger partial charge in [-0.25, -0.2) is 9.97 Å². The molecule has 1 aromatic heterocycles. The number of nitrogens with zero attached hydrogens (tertiary/aromatic N) is 2. The normalized spacial score (nSPS) is 10.1. The number of aromatic nitrogens is 2. The van der Waals surface area contributed by atoms with Gasteiger partial charge < -0.3 is 11.1 Å². The third-order valence-electron chi connectivity index (χ3n) is 2.50. The zero-order valence-corrected chi connectivity index (χ0v) is 10.1. The molecule has 0 radical (unpaired) electrons. The lowest BCUT2D eigenvalue weighted by Gasteiger charge is -2.06. The van der Waals surface area contributed by atoms with Crippen molar-refractivity contribution >= 4 is 17.4 Å². The van der Waals surface area contributed by atoms with Crippen LogP contribution in [0.1, 0.15) is 23.0 Å². The van der Waals surface area contributed by atoms with Gasteiger partial charge in [-0.15, -0.1) is 0 Å². The van der Waals surface area contributed by atoms with Gasteiger partial charge in [0.05, 0.1) is 12.4 Å². The number of hydrogen-bond donors (Lipinski definition) is 2. The van der Waals surface area contributed by atoms with E-state index in [1.54, 1.807) is 0 Å². The predicted molar refractivity (Wildman–Crippen MR) is 70.2 cm³/mol. The third-order valence-corrected chi connectivity index (χ3v) is 2.50. The Morgan fingerprint density at radius 2 is 2.17 bits per heavy atom. The van der Waals surface area contributed by atoms with Crippen LogP contribution in [0.25, 0.3) is 0 Å². The van der Waals surface area contributed by atoms with Crippen LogP contribution in [-0.2, 0) is 6.42 Å². The number of amides is 1. The van der Waals surface area contributed by atoms with Crippen LogP contribution in [0.4, 0.5) is 11.5 Å². The Bertz CT molecular complexity index is 551. The topological polar surface area (TPSA) is 80.9 Å². The average Bonchev–Trinajstić information content (AvgIpc) is 2.39. The Kier molecular flexibility index (Phi) is 3.52. The van der Waals surface area contributed by atoms with Crippen LogP contribution in [0, 0.1) is 0 Å². The molecule has 1 heterocycles. The molecule has 0 unspecified atom stereocenters. The molecule has 1 aromatic carbocycles. The maximum Gasteiger partial charge on any atom is 0.275 e. The van der Waals surface area contributed by atoms with Crippen molar-refractivity contribution in [3.63, 3.8) is 0 Å². The predicted octanol–water partition coefficient (Wildman–Crippen LogP) is 1.87. The van der Waals surface area contributed by atoms with Crippen molar-refractivity contribution in [1.82, 2.24) is 9.97 Å². The molecule has 0 fully saturated rings. The SMILES string of the molecule is CCc1cccc(NC(=O)c2cnc(N)cn2)c1. The Morgan fingerprint density at radius 1 is 1.33 bits per heavy atom. The van der Waals surface area contributed by atoms with Gasteiger partial charge in [0.1, 0.15) is 11.5 Å². The summed E-state index contributed by atoms with van der Waals surface area (Å²) in [4.78, 5) is 19.6. The number of nitrogens with two attached hydrogens (primary N) is 1. The monoisotopic (exact) mass is 242 g/mol. The van der Waals surface area contributed by atoms with Gasteiger partial charge in [0.25, 0.3) is 5.91 Å². The first-order valence-electron chi connectivity index (χ1n) is 5.67. The lowest BCUT2D eigenvalue weighted by Crippen LogP contribution is -2.14. The van der Waals surface area contributed by atoms with Crippen LogP contribution in [0.3, 0.4) is 0 Å². The summed E-state index contributed by atoms with van der Waals surface area (Å²) in [5.41, 5.74) is 7.56. The quantitative estimate of drug-likeness (QED) is 0.861. The van der Waals surface area contributed by atoms with E-state index < -0.39 is 0 Å². The number of benzene rings is 1. The van der Waals surface area contributed by atoms with E-state index in [9.17, 15) is 4.79 Å². The van der Waals surface area contributed by atoms with E-state index in [-0.39, 0.29) is 11.6 Å². The van der Waals surface area contributed by atoms with E-state index in [0.717, 1.165) is 17.7 Å². The van der Waals surface area contributed by atoms with Crippen LogP contribution in [0.5, 0.6) is 0 Å². The third kappa shape index (κ3) is 2.82. The molecule has 0 atom stereocenters. The standard InChI is InChI=1S/C13H14N4O/c1-2-9-4-3-5-10(6-9)17-13(18)11-7-16-12(14)8-15-11/h3-8H,2H2,1H3,(H2,14,16)(H,17,18). The van der Waals surface area contributed by atoms with Crippen LogP contribution >= 0.6 is 0 Å². The molecule has 1 amide bonds. The molecule has 18 heavy (non-hydrogen) atoms. The Labute approximate surface area is 105 Å². The van der Waals surface area contributed by atoms with Gasteiger partial charge in [-0.1, -0.05) is 19.1 Å². The van der Waals surface area contributed by atoms with E-state index >= 15 is 0 Å². The zero-order valence-electron chi connectivity index (χ0n) is 10.1. The van der Waals surface area contributed by atoms with Gasteiger partial charge in [-0.05, 0) is 24.1 Å². The smallest absolute Gasteiger partial charge is 0.275 e. The van der Waals surface area contributed by atoms with E-state index in [1.807, 2.05) is 24.3 Å². The first-order valence-corrected chi connectivity index (χ1v) is 5.67. The molecular weight excluding hydrogens is 228 g/mol. The number of rotatable bonds is 3. The number of carbonyl (C=O) groups excluding carboxylic acids is 1. The summed E-state index contributed by atoms with van der Waals surface area (Å²) in [5, 5.41) is 2.77. The van der Waals surface area contributed by atoms with Gasteiger partial charge in [0.15, 0.2) is 0 Å². The van der Waals surface area contributed by atoms with Crippen molar-refractivity contribution in [2.24, 2.45) is 0 Å². The molecule has 3 N–H and O–H groups in total. The summed E-state index contributed by atoms with van der Waals surface area (Å²) in [7, 11) is 0. The second-order valence-corrected chi connectivity index (χ2v) is 3.83. The minimum Gasteiger partial charge on any atom is -0.382 e. The van der Waals surface area contributed by atoms with Gasteiger partial charge >= 0.3 is 0 Å². The van der Waals surface area contributed by atoms with Crippen molar-refractivity contribution in [3.05, 3.63) is 47.9 Å². The number of hydrogen-bond acceptors (Lipinski definition) is 4. The largest absolute Gasteiger partial charge is 0.382 e. The van der Waals surface area contributed by atoms with E-state index in [0.29, 0.717) is 5.82 Å². The fourth-order valence-corrected chi connectivity index (χ4v) is 1.52. The fourth-order valence-electron chi connectivity index (χ4n) is 1.52. The fraction of sp³-hybridized carbons (Fsp3) is 0.154. The number of aryl methyl sites for hydroxylation is 1. The molecular formula is C13H14N4O. The van der Waals surface area contributed by atoms with Gasteiger partial charge in [0.2, 0.25) is 0 Å². The minimum atomic E-state index is -0.296. The summed E-state index contributed by atoms with van der Waals surface area (Å²) >= 11 is 0. The van der Waals surface area contributed by atoms with Crippen molar-refractivity contribution in [2.45, 2.75) is 13.3 Å². The first kappa shape index (κ1) is 12.0. The number of nitrogen functional groups attached to an aromatic ring is 1. The zero-order chi connectivity index (χ0) is 13.0. The second kappa shape index (κ2) is 5.27. The van der Waals surface area contributed by atoms with Crippen LogP contribution < -0.4 is 11.1 Å². The highest BCUT2D eigenvalue weighted by molar-refractivity contribution is 6.02. The van der Waals surface area contributed by atoms with E-state index in [2.05, 4.69) is 22.2 Å². The van der Waals surface area contributed by atoms with Crippen molar-refractivity contribution in [3.8, 4) is 0 Å². The first-order chi connectivity index (χ1) is 8.69.